The van der Waals surface area contributed by atoms with Gasteiger partial charge in [0.2, 0.25) is 0 Å². The second kappa shape index (κ2) is 12.2. The lowest BCUT2D eigenvalue weighted by Gasteiger charge is -2.33. The van der Waals surface area contributed by atoms with Crippen molar-refractivity contribution in [2.75, 3.05) is 19.6 Å². The fourth-order valence-corrected chi connectivity index (χ4v) is 3.37. The average Bonchev–Trinajstić information content (AvgIpc) is 2.70. The lowest BCUT2D eigenvalue weighted by atomic mass is 10.0. The average molecular weight is 514 g/mol. The van der Waals surface area contributed by atoms with Crippen molar-refractivity contribution >= 4 is 41.5 Å². The molecule has 0 amide bonds. The molecule has 1 saturated heterocycles. The van der Waals surface area contributed by atoms with Crippen LogP contribution in [0.3, 0.4) is 0 Å². The summed E-state index contributed by atoms with van der Waals surface area (Å²) in [6, 6.07) is 14.9. The molecule has 0 saturated carbocycles. The Hall–Kier alpha value is -1.38. The molecular weight excluding hydrogens is 485 g/mol. The number of rotatable bonds is 6. The summed E-state index contributed by atoms with van der Waals surface area (Å²) in [6.07, 6.45) is 4.02. The van der Waals surface area contributed by atoms with Crippen LogP contribution < -0.4 is 10.6 Å². The van der Waals surface area contributed by atoms with Crippen molar-refractivity contribution in [2.24, 2.45) is 4.99 Å². The highest BCUT2D eigenvalue weighted by Crippen LogP contribution is 2.14. The molecule has 0 unspecified atom stereocenters. The van der Waals surface area contributed by atoms with Crippen LogP contribution in [0.1, 0.15) is 30.9 Å². The number of halogens is 2. The van der Waals surface area contributed by atoms with Crippen LogP contribution in [0.2, 0.25) is 5.15 Å². The molecule has 0 spiro atoms. The molecule has 1 aliphatic heterocycles. The van der Waals surface area contributed by atoms with Gasteiger partial charge in [-0.2, -0.15) is 0 Å². The molecule has 152 valence electrons. The van der Waals surface area contributed by atoms with Crippen molar-refractivity contribution in [2.45, 2.75) is 38.9 Å². The molecule has 0 radical (unpaired) electrons. The van der Waals surface area contributed by atoms with Crippen molar-refractivity contribution < 1.29 is 0 Å². The Morgan fingerprint density at radius 3 is 2.54 bits per heavy atom. The molecule has 1 aliphatic rings. The van der Waals surface area contributed by atoms with Crippen LogP contribution in [-0.2, 0) is 13.1 Å². The van der Waals surface area contributed by atoms with Gasteiger partial charge in [-0.3, -0.25) is 4.90 Å². The van der Waals surface area contributed by atoms with Crippen LogP contribution in [0.15, 0.2) is 53.7 Å². The zero-order valence-electron chi connectivity index (χ0n) is 16.3. The number of benzene rings is 1. The van der Waals surface area contributed by atoms with E-state index < -0.39 is 0 Å². The van der Waals surface area contributed by atoms with Gasteiger partial charge < -0.3 is 10.6 Å². The molecule has 28 heavy (non-hydrogen) atoms. The minimum atomic E-state index is 0. The Morgan fingerprint density at radius 1 is 1.14 bits per heavy atom. The first-order valence-electron chi connectivity index (χ1n) is 9.64. The number of piperidine rings is 1. The highest BCUT2D eigenvalue weighted by Gasteiger charge is 2.20. The van der Waals surface area contributed by atoms with Gasteiger partial charge in [-0.1, -0.05) is 48.0 Å². The molecule has 0 bridgehead atoms. The molecule has 5 nitrogen and oxygen atoms in total. The zero-order valence-corrected chi connectivity index (χ0v) is 19.4. The fraction of sp³-hybridized carbons (Fsp3) is 0.429. The number of hydrogen-bond acceptors (Lipinski definition) is 3. The third-order valence-electron chi connectivity index (χ3n) is 4.73. The number of nitrogens with zero attached hydrogens (tertiary/aromatic N) is 3. The number of pyridine rings is 1. The maximum absolute atomic E-state index is 5.84. The third-order valence-corrected chi connectivity index (χ3v) is 4.95. The Kier molecular flexibility index (Phi) is 10.0. The predicted molar refractivity (Wildman–Crippen MR) is 127 cm³/mol. The van der Waals surface area contributed by atoms with Crippen molar-refractivity contribution in [3.63, 3.8) is 0 Å². The van der Waals surface area contributed by atoms with Gasteiger partial charge in [0.25, 0.3) is 0 Å². The van der Waals surface area contributed by atoms with E-state index in [1.807, 2.05) is 6.07 Å². The normalized spacial score (nSPS) is 15.7. The molecule has 1 aromatic heterocycles. The summed E-state index contributed by atoms with van der Waals surface area (Å²) in [4.78, 5) is 11.3. The van der Waals surface area contributed by atoms with E-state index in [1.165, 1.54) is 5.56 Å². The van der Waals surface area contributed by atoms with Crippen LogP contribution in [0.4, 0.5) is 0 Å². The van der Waals surface area contributed by atoms with Crippen molar-refractivity contribution in [1.82, 2.24) is 20.5 Å². The first-order valence-corrected chi connectivity index (χ1v) is 10.0. The Bertz CT molecular complexity index is 715. The van der Waals surface area contributed by atoms with E-state index in [0.29, 0.717) is 17.7 Å². The van der Waals surface area contributed by atoms with Crippen molar-refractivity contribution in [1.29, 1.82) is 0 Å². The van der Waals surface area contributed by atoms with Gasteiger partial charge in [0, 0.05) is 38.4 Å². The van der Waals surface area contributed by atoms with Crippen LogP contribution >= 0.6 is 35.6 Å². The summed E-state index contributed by atoms with van der Waals surface area (Å²) in [6.45, 7) is 6.76. The van der Waals surface area contributed by atoms with E-state index in [-0.39, 0.29) is 24.0 Å². The highest BCUT2D eigenvalue weighted by atomic mass is 127. The van der Waals surface area contributed by atoms with Gasteiger partial charge in [-0.15, -0.1) is 24.0 Å². The molecule has 3 rings (SSSR count). The monoisotopic (exact) mass is 513 g/mol. The van der Waals surface area contributed by atoms with E-state index >= 15 is 0 Å². The lowest BCUT2D eigenvalue weighted by Crippen LogP contribution is -2.48. The molecule has 2 aromatic rings. The first kappa shape index (κ1) is 22.9. The summed E-state index contributed by atoms with van der Waals surface area (Å²) in [7, 11) is 0. The minimum Gasteiger partial charge on any atom is -0.357 e. The maximum atomic E-state index is 5.84. The van der Waals surface area contributed by atoms with Gasteiger partial charge in [-0.05, 0) is 37.0 Å². The Balaban J connectivity index is 0.00000280. The molecule has 7 heteroatoms. The van der Waals surface area contributed by atoms with Gasteiger partial charge in [0.1, 0.15) is 5.15 Å². The summed E-state index contributed by atoms with van der Waals surface area (Å²) in [5, 5.41) is 7.44. The number of hydrogen-bond donors (Lipinski definition) is 2. The standard InChI is InChI=1S/C21H28ClN5.HI/c1-2-23-21(25-15-18-8-9-20(22)24-14-18)26-19-10-12-27(13-11-19)16-17-6-4-3-5-7-17;/h3-9,14,19H,2,10-13,15-16H2,1H3,(H2,23,25,26);1H. The quantitative estimate of drug-likeness (QED) is 0.265. The molecular formula is C21H29ClIN5. The Labute approximate surface area is 190 Å². The number of nitrogens with one attached hydrogen (secondary N) is 2. The largest absolute Gasteiger partial charge is 0.357 e. The van der Waals surface area contributed by atoms with Gasteiger partial charge in [0.05, 0.1) is 6.54 Å². The number of guanidine groups is 1. The molecule has 0 atom stereocenters. The van der Waals surface area contributed by atoms with Crippen LogP contribution in [0.25, 0.3) is 0 Å². The lowest BCUT2D eigenvalue weighted by molar-refractivity contribution is 0.198. The van der Waals surface area contributed by atoms with Gasteiger partial charge in [0.15, 0.2) is 5.96 Å². The van der Waals surface area contributed by atoms with Crippen molar-refractivity contribution in [3.8, 4) is 0 Å². The fourth-order valence-electron chi connectivity index (χ4n) is 3.26. The van der Waals surface area contributed by atoms with Crippen molar-refractivity contribution in [3.05, 3.63) is 64.9 Å². The molecule has 1 aromatic carbocycles. The summed E-state index contributed by atoms with van der Waals surface area (Å²) >= 11 is 5.84. The minimum absolute atomic E-state index is 0. The maximum Gasteiger partial charge on any atom is 0.191 e. The predicted octanol–water partition coefficient (Wildman–Crippen LogP) is 4.07. The van der Waals surface area contributed by atoms with E-state index in [0.717, 1.165) is 50.5 Å². The van der Waals surface area contributed by atoms with E-state index in [1.54, 1.807) is 12.3 Å². The van der Waals surface area contributed by atoms with E-state index in [9.17, 15) is 0 Å². The zero-order chi connectivity index (χ0) is 18.9. The van der Waals surface area contributed by atoms with E-state index in [4.69, 9.17) is 16.6 Å². The highest BCUT2D eigenvalue weighted by molar-refractivity contribution is 14.0. The van der Waals surface area contributed by atoms with Gasteiger partial charge >= 0.3 is 0 Å². The first-order chi connectivity index (χ1) is 13.2. The molecule has 0 aliphatic carbocycles. The van der Waals surface area contributed by atoms with E-state index in [2.05, 4.69) is 57.8 Å². The van der Waals surface area contributed by atoms with Crippen LogP contribution in [0.5, 0.6) is 0 Å². The Morgan fingerprint density at radius 2 is 1.89 bits per heavy atom. The molecule has 1 fully saturated rings. The van der Waals surface area contributed by atoms with Crippen LogP contribution in [0, 0.1) is 0 Å². The molecule has 2 heterocycles. The second-order valence-electron chi connectivity index (χ2n) is 6.86. The third kappa shape index (κ3) is 7.56. The number of likely N-dealkylation sites (tertiary alicyclic amines) is 1. The summed E-state index contributed by atoms with van der Waals surface area (Å²) < 4.78 is 0. The van der Waals surface area contributed by atoms with Gasteiger partial charge in [-0.25, -0.2) is 9.98 Å². The topological polar surface area (TPSA) is 52.6 Å². The second-order valence-corrected chi connectivity index (χ2v) is 7.25. The SMILES string of the molecule is CCNC(=NCc1ccc(Cl)nc1)NC1CCN(Cc2ccccc2)CC1.I. The smallest absolute Gasteiger partial charge is 0.191 e. The summed E-state index contributed by atoms with van der Waals surface area (Å²) in [5.74, 6) is 0.869. The number of aliphatic imine (C=N–C) groups is 1. The number of aromatic nitrogens is 1. The van der Waals surface area contributed by atoms with Crippen LogP contribution in [-0.4, -0.2) is 41.5 Å². The molecule has 2 N–H and O–H groups in total. The summed E-state index contributed by atoms with van der Waals surface area (Å²) in [5.41, 5.74) is 2.43.